The summed E-state index contributed by atoms with van der Waals surface area (Å²) in [5.74, 6) is 0. The summed E-state index contributed by atoms with van der Waals surface area (Å²) in [6, 6.07) is 14.9. The molecule has 2 heterocycles. The summed E-state index contributed by atoms with van der Waals surface area (Å²) in [5.41, 5.74) is 5.05. The normalized spacial score (nSPS) is 12.0. The standard InChI is InChI=1S/C21H19N3/c1-21(2,3)17-13-15(12-14-6-4-5-7-16(14)17)19-20-18(8-9-23-19)22-10-11-24-20/h4-13H,1-3H3. The SMILES string of the molecule is CC(C)(C)c1cc(-c2nccc3nccnc23)cc2ccccc12. The number of aromatic nitrogens is 3. The van der Waals surface area contributed by atoms with Gasteiger partial charge in [0.1, 0.15) is 5.52 Å². The van der Waals surface area contributed by atoms with Gasteiger partial charge in [-0.2, -0.15) is 0 Å². The molecule has 0 unspecified atom stereocenters. The highest BCUT2D eigenvalue weighted by molar-refractivity contribution is 5.95. The first kappa shape index (κ1) is 14.8. The monoisotopic (exact) mass is 313 g/mol. The molecule has 0 amide bonds. The van der Waals surface area contributed by atoms with Crippen LogP contribution in [0.5, 0.6) is 0 Å². The third-order valence-electron chi connectivity index (χ3n) is 4.33. The number of pyridine rings is 1. The highest BCUT2D eigenvalue weighted by Gasteiger charge is 2.19. The van der Waals surface area contributed by atoms with Crippen LogP contribution in [0.4, 0.5) is 0 Å². The molecule has 0 bridgehead atoms. The van der Waals surface area contributed by atoms with E-state index < -0.39 is 0 Å². The lowest BCUT2D eigenvalue weighted by atomic mass is 9.82. The minimum Gasteiger partial charge on any atom is -0.254 e. The number of rotatable bonds is 1. The van der Waals surface area contributed by atoms with Crippen LogP contribution in [0, 0.1) is 0 Å². The fourth-order valence-electron chi connectivity index (χ4n) is 3.18. The Morgan fingerprint density at radius 2 is 1.58 bits per heavy atom. The molecular formula is C21H19N3. The summed E-state index contributed by atoms with van der Waals surface area (Å²) < 4.78 is 0. The van der Waals surface area contributed by atoms with Gasteiger partial charge in [0.15, 0.2) is 0 Å². The molecule has 0 N–H and O–H groups in total. The van der Waals surface area contributed by atoms with Gasteiger partial charge < -0.3 is 0 Å². The minimum absolute atomic E-state index is 0.0475. The molecule has 0 fully saturated rings. The molecule has 0 saturated heterocycles. The second kappa shape index (κ2) is 5.38. The van der Waals surface area contributed by atoms with Crippen molar-refractivity contribution in [3.8, 4) is 11.3 Å². The van der Waals surface area contributed by atoms with Crippen molar-refractivity contribution in [2.75, 3.05) is 0 Å². The summed E-state index contributed by atoms with van der Waals surface area (Å²) in [6.45, 7) is 6.73. The van der Waals surface area contributed by atoms with Gasteiger partial charge in [0.2, 0.25) is 0 Å². The molecule has 0 aliphatic carbocycles. The molecule has 4 rings (SSSR count). The van der Waals surface area contributed by atoms with Gasteiger partial charge in [-0.05, 0) is 39.9 Å². The summed E-state index contributed by atoms with van der Waals surface area (Å²) in [5, 5.41) is 2.52. The van der Waals surface area contributed by atoms with Gasteiger partial charge in [-0.25, -0.2) is 0 Å². The van der Waals surface area contributed by atoms with Crippen LogP contribution in [0.2, 0.25) is 0 Å². The Bertz CT molecular complexity index is 1040. The first-order chi connectivity index (χ1) is 11.5. The van der Waals surface area contributed by atoms with E-state index in [0.717, 1.165) is 22.3 Å². The molecule has 0 radical (unpaired) electrons. The first-order valence-corrected chi connectivity index (χ1v) is 8.13. The molecule has 3 nitrogen and oxygen atoms in total. The van der Waals surface area contributed by atoms with Gasteiger partial charge in [-0.3, -0.25) is 15.0 Å². The lowest BCUT2D eigenvalue weighted by Gasteiger charge is -2.22. The van der Waals surface area contributed by atoms with Crippen molar-refractivity contribution in [2.24, 2.45) is 0 Å². The molecule has 118 valence electrons. The Balaban J connectivity index is 2.07. The highest BCUT2D eigenvalue weighted by Crippen LogP contribution is 2.35. The molecule has 4 aromatic rings. The average Bonchev–Trinajstić information content (AvgIpc) is 2.59. The van der Waals surface area contributed by atoms with Gasteiger partial charge in [-0.1, -0.05) is 45.0 Å². The maximum Gasteiger partial charge on any atom is 0.115 e. The Labute approximate surface area is 141 Å². The Kier molecular flexibility index (Phi) is 3.31. The average molecular weight is 313 g/mol. The zero-order valence-corrected chi connectivity index (χ0v) is 14.1. The van der Waals surface area contributed by atoms with Crippen LogP contribution >= 0.6 is 0 Å². The van der Waals surface area contributed by atoms with Gasteiger partial charge in [0.05, 0.1) is 11.2 Å². The summed E-state index contributed by atoms with van der Waals surface area (Å²) in [4.78, 5) is 13.5. The van der Waals surface area contributed by atoms with Gasteiger partial charge in [-0.15, -0.1) is 0 Å². The van der Waals surface area contributed by atoms with E-state index in [4.69, 9.17) is 0 Å². The van der Waals surface area contributed by atoms with E-state index in [-0.39, 0.29) is 5.41 Å². The quantitative estimate of drug-likeness (QED) is 0.488. The zero-order valence-electron chi connectivity index (χ0n) is 14.1. The lowest BCUT2D eigenvalue weighted by Crippen LogP contribution is -2.12. The molecule has 2 aromatic heterocycles. The van der Waals surface area contributed by atoms with Crippen LogP contribution in [-0.2, 0) is 5.41 Å². The van der Waals surface area contributed by atoms with Crippen molar-refractivity contribution in [1.29, 1.82) is 0 Å². The van der Waals surface area contributed by atoms with Crippen molar-refractivity contribution in [2.45, 2.75) is 26.2 Å². The third kappa shape index (κ3) is 2.42. The number of benzene rings is 2. The van der Waals surface area contributed by atoms with Crippen molar-refractivity contribution in [3.05, 3.63) is 66.6 Å². The second-order valence-corrected chi connectivity index (χ2v) is 7.08. The van der Waals surface area contributed by atoms with Crippen molar-refractivity contribution < 1.29 is 0 Å². The summed E-state index contributed by atoms with van der Waals surface area (Å²) in [7, 11) is 0. The zero-order chi connectivity index (χ0) is 16.7. The molecule has 3 heteroatoms. The van der Waals surface area contributed by atoms with Crippen LogP contribution in [0.25, 0.3) is 33.1 Å². The topological polar surface area (TPSA) is 38.7 Å². The van der Waals surface area contributed by atoms with Crippen LogP contribution in [-0.4, -0.2) is 15.0 Å². The molecule has 24 heavy (non-hydrogen) atoms. The Morgan fingerprint density at radius 1 is 0.792 bits per heavy atom. The largest absolute Gasteiger partial charge is 0.254 e. The molecule has 0 spiro atoms. The molecule has 2 aromatic carbocycles. The van der Waals surface area contributed by atoms with E-state index in [1.165, 1.54) is 16.3 Å². The molecule has 0 atom stereocenters. The maximum absolute atomic E-state index is 4.60. The van der Waals surface area contributed by atoms with E-state index >= 15 is 0 Å². The van der Waals surface area contributed by atoms with Crippen LogP contribution in [0.1, 0.15) is 26.3 Å². The van der Waals surface area contributed by atoms with Crippen molar-refractivity contribution in [3.63, 3.8) is 0 Å². The number of fused-ring (bicyclic) bond motifs is 2. The highest BCUT2D eigenvalue weighted by atomic mass is 14.8. The van der Waals surface area contributed by atoms with Crippen molar-refractivity contribution in [1.82, 2.24) is 15.0 Å². The van der Waals surface area contributed by atoms with Gasteiger partial charge in [0, 0.05) is 24.2 Å². The van der Waals surface area contributed by atoms with E-state index in [1.807, 2.05) is 6.07 Å². The second-order valence-electron chi connectivity index (χ2n) is 7.08. The molecule has 0 aliphatic heterocycles. The fraction of sp³-hybridized carbons (Fsp3) is 0.190. The minimum atomic E-state index is 0.0475. The number of hydrogen-bond acceptors (Lipinski definition) is 3. The smallest absolute Gasteiger partial charge is 0.115 e. The first-order valence-electron chi connectivity index (χ1n) is 8.13. The van der Waals surface area contributed by atoms with Crippen LogP contribution in [0.3, 0.4) is 0 Å². The summed E-state index contributed by atoms with van der Waals surface area (Å²) in [6.07, 6.45) is 5.24. The lowest BCUT2D eigenvalue weighted by molar-refractivity contribution is 0.596. The number of hydrogen-bond donors (Lipinski definition) is 0. The molecule has 0 aliphatic rings. The predicted molar refractivity (Wildman–Crippen MR) is 99.0 cm³/mol. The van der Waals surface area contributed by atoms with E-state index in [9.17, 15) is 0 Å². The van der Waals surface area contributed by atoms with Crippen LogP contribution in [0.15, 0.2) is 61.1 Å². The van der Waals surface area contributed by atoms with Crippen LogP contribution < -0.4 is 0 Å². The maximum atomic E-state index is 4.60. The predicted octanol–water partition coefficient (Wildman–Crippen LogP) is 5.14. The van der Waals surface area contributed by atoms with E-state index in [0.29, 0.717) is 0 Å². The van der Waals surface area contributed by atoms with E-state index in [2.05, 4.69) is 72.1 Å². The summed E-state index contributed by atoms with van der Waals surface area (Å²) >= 11 is 0. The fourth-order valence-corrected chi connectivity index (χ4v) is 3.18. The Morgan fingerprint density at radius 3 is 2.42 bits per heavy atom. The molecular weight excluding hydrogens is 294 g/mol. The van der Waals surface area contributed by atoms with E-state index in [1.54, 1.807) is 18.6 Å². The van der Waals surface area contributed by atoms with Gasteiger partial charge >= 0.3 is 0 Å². The Hall–Kier alpha value is -2.81. The van der Waals surface area contributed by atoms with Gasteiger partial charge in [0.25, 0.3) is 0 Å². The molecule has 0 saturated carbocycles. The number of nitrogens with zero attached hydrogens (tertiary/aromatic N) is 3. The van der Waals surface area contributed by atoms with Crippen molar-refractivity contribution >= 4 is 21.8 Å². The third-order valence-corrected chi connectivity index (χ3v) is 4.33.